The summed E-state index contributed by atoms with van der Waals surface area (Å²) in [5, 5.41) is 10.4. The van der Waals surface area contributed by atoms with Crippen LogP contribution in [0.15, 0.2) is 35.6 Å². The molecule has 1 aliphatic carbocycles. The lowest BCUT2D eigenvalue weighted by atomic mass is 9.90. The number of benzene rings is 1. The van der Waals surface area contributed by atoms with Gasteiger partial charge in [0.25, 0.3) is 0 Å². The maximum Gasteiger partial charge on any atom is 0.161 e. The van der Waals surface area contributed by atoms with Crippen LogP contribution in [-0.4, -0.2) is 28.4 Å². The molecule has 1 N–H and O–H groups in total. The number of aliphatic hydroxyl groups is 1. The number of aryl methyl sites for hydroxylation is 1. The van der Waals surface area contributed by atoms with Gasteiger partial charge in [-0.25, -0.2) is 0 Å². The lowest BCUT2D eigenvalue weighted by molar-refractivity contribution is -0.114. The van der Waals surface area contributed by atoms with Gasteiger partial charge in [0.2, 0.25) is 0 Å². The molecule has 1 aromatic rings. The molecule has 1 unspecified atom stereocenters. The molecule has 3 rings (SSSR count). The van der Waals surface area contributed by atoms with Gasteiger partial charge in [0, 0.05) is 6.04 Å². The van der Waals surface area contributed by atoms with Gasteiger partial charge in [0.15, 0.2) is 5.78 Å². The van der Waals surface area contributed by atoms with Crippen LogP contribution >= 0.6 is 0 Å². The van der Waals surface area contributed by atoms with Crippen molar-refractivity contribution in [3.05, 3.63) is 46.7 Å². The monoisotopic (exact) mass is 299 g/mol. The molecule has 0 aromatic heterocycles. The van der Waals surface area contributed by atoms with Crippen molar-refractivity contribution in [3.8, 4) is 0 Å². The van der Waals surface area contributed by atoms with E-state index in [0.717, 1.165) is 5.56 Å². The van der Waals surface area contributed by atoms with E-state index in [1.807, 2.05) is 0 Å². The number of aliphatic hydroxyl groups excluding tert-OH is 1. The van der Waals surface area contributed by atoms with E-state index < -0.39 is 0 Å². The minimum absolute atomic E-state index is 0.0126. The summed E-state index contributed by atoms with van der Waals surface area (Å²) < 4.78 is 0. The zero-order valence-electron chi connectivity index (χ0n) is 13.5. The van der Waals surface area contributed by atoms with Gasteiger partial charge in [0.1, 0.15) is 5.76 Å². The van der Waals surface area contributed by atoms with Crippen LogP contribution < -0.4 is 0 Å². The van der Waals surface area contributed by atoms with Gasteiger partial charge in [-0.15, -0.1) is 0 Å². The Bertz CT molecular complexity index is 582. The Morgan fingerprint density at radius 1 is 1.14 bits per heavy atom. The predicted molar refractivity (Wildman–Crippen MR) is 87.8 cm³/mol. The van der Waals surface area contributed by atoms with Gasteiger partial charge in [-0.3, -0.25) is 9.69 Å². The van der Waals surface area contributed by atoms with E-state index in [1.54, 1.807) is 6.92 Å². The van der Waals surface area contributed by atoms with Crippen LogP contribution in [0.2, 0.25) is 0 Å². The van der Waals surface area contributed by atoms with E-state index >= 15 is 0 Å². The van der Waals surface area contributed by atoms with E-state index in [4.69, 9.17) is 0 Å². The highest BCUT2D eigenvalue weighted by Crippen LogP contribution is 2.41. The van der Waals surface area contributed by atoms with Crippen LogP contribution in [0.1, 0.15) is 56.2 Å². The first-order valence-electron chi connectivity index (χ1n) is 8.33. The highest BCUT2D eigenvalue weighted by Gasteiger charge is 2.39. The first kappa shape index (κ1) is 15.3. The van der Waals surface area contributed by atoms with Crippen molar-refractivity contribution < 1.29 is 9.90 Å². The molecule has 118 valence electrons. The molecule has 3 nitrogen and oxygen atoms in total. The van der Waals surface area contributed by atoms with Crippen LogP contribution in [0, 0.1) is 6.92 Å². The second-order valence-electron chi connectivity index (χ2n) is 6.69. The van der Waals surface area contributed by atoms with Crippen molar-refractivity contribution in [1.29, 1.82) is 0 Å². The number of hydrogen-bond acceptors (Lipinski definition) is 3. The quantitative estimate of drug-likeness (QED) is 0.914. The first-order chi connectivity index (χ1) is 10.6. The summed E-state index contributed by atoms with van der Waals surface area (Å²) in [6.45, 7) is 4.14. The summed E-state index contributed by atoms with van der Waals surface area (Å²) >= 11 is 0. The number of nitrogens with zero attached hydrogens (tertiary/aromatic N) is 1. The Kier molecular flexibility index (Phi) is 4.34. The summed E-state index contributed by atoms with van der Waals surface area (Å²) in [7, 11) is 0. The highest BCUT2D eigenvalue weighted by atomic mass is 16.3. The Morgan fingerprint density at radius 3 is 2.36 bits per heavy atom. The summed E-state index contributed by atoms with van der Waals surface area (Å²) in [5.41, 5.74) is 2.92. The minimum atomic E-state index is -0.0822. The predicted octanol–water partition coefficient (Wildman–Crippen LogP) is 4.09. The number of carbonyl (C=O) groups is 1. The SMILES string of the molecule is CC(=O)C1=C(O)CN(C2CCCCC2)C1c1ccc(C)cc1. The second-order valence-corrected chi connectivity index (χ2v) is 6.69. The number of Topliss-reactive ketones (excluding diaryl/α,β-unsaturated/α-hetero) is 1. The minimum Gasteiger partial charge on any atom is -0.510 e. The number of ketones is 1. The maximum absolute atomic E-state index is 12.1. The van der Waals surface area contributed by atoms with Gasteiger partial charge < -0.3 is 5.11 Å². The molecule has 0 radical (unpaired) electrons. The lowest BCUT2D eigenvalue weighted by Gasteiger charge is -2.36. The molecule has 1 aromatic carbocycles. The molecule has 3 heteroatoms. The zero-order valence-corrected chi connectivity index (χ0v) is 13.5. The molecule has 0 amide bonds. The van der Waals surface area contributed by atoms with Crippen LogP contribution in [0.3, 0.4) is 0 Å². The smallest absolute Gasteiger partial charge is 0.161 e. The van der Waals surface area contributed by atoms with Gasteiger partial charge >= 0.3 is 0 Å². The van der Waals surface area contributed by atoms with Crippen LogP contribution in [0.5, 0.6) is 0 Å². The number of hydrogen-bond donors (Lipinski definition) is 1. The Labute approximate surface area is 132 Å². The summed E-state index contributed by atoms with van der Waals surface area (Å²) in [6, 6.07) is 8.75. The molecular weight excluding hydrogens is 274 g/mol. The molecule has 22 heavy (non-hydrogen) atoms. The summed E-state index contributed by atoms with van der Waals surface area (Å²) in [6.07, 6.45) is 6.13. The molecule has 1 atom stereocenters. The fourth-order valence-corrected chi connectivity index (χ4v) is 3.93. The van der Waals surface area contributed by atoms with Crippen molar-refractivity contribution in [2.24, 2.45) is 0 Å². The summed E-state index contributed by atoms with van der Waals surface area (Å²) in [4.78, 5) is 14.4. The average molecular weight is 299 g/mol. The van der Waals surface area contributed by atoms with E-state index in [2.05, 4.69) is 36.1 Å². The van der Waals surface area contributed by atoms with E-state index in [9.17, 15) is 9.90 Å². The zero-order chi connectivity index (χ0) is 15.7. The van der Waals surface area contributed by atoms with Crippen molar-refractivity contribution in [1.82, 2.24) is 4.90 Å². The van der Waals surface area contributed by atoms with Crippen LogP contribution in [-0.2, 0) is 4.79 Å². The van der Waals surface area contributed by atoms with E-state index in [1.165, 1.54) is 37.7 Å². The fourth-order valence-electron chi connectivity index (χ4n) is 3.93. The standard InChI is InChI=1S/C19H25NO2/c1-13-8-10-15(11-9-13)19-18(14(2)21)17(22)12-20(19)16-6-4-3-5-7-16/h8-11,16,19,22H,3-7,12H2,1-2H3. The molecular formula is C19H25NO2. The second kappa shape index (κ2) is 6.25. The van der Waals surface area contributed by atoms with E-state index in [0.29, 0.717) is 18.2 Å². The van der Waals surface area contributed by atoms with Crippen molar-refractivity contribution in [2.45, 2.75) is 58.0 Å². The molecule has 0 spiro atoms. The Morgan fingerprint density at radius 2 is 1.77 bits per heavy atom. The van der Waals surface area contributed by atoms with Gasteiger partial charge in [-0.05, 0) is 32.3 Å². The fraction of sp³-hybridized carbons (Fsp3) is 0.526. The molecule has 2 aliphatic rings. The van der Waals surface area contributed by atoms with Gasteiger partial charge in [0.05, 0.1) is 18.2 Å². The van der Waals surface area contributed by atoms with Gasteiger partial charge in [-0.1, -0.05) is 49.1 Å². The molecule has 1 fully saturated rings. The first-order valence-corrected chi connectivity index (χ1v) is 8.33. The van der Waals surface area contributed by atoms with Gasteiger partial charge in [-0.2, -0.15) is 0 Å². The largest absolute Gasteiger partial charge is 0.510 e. The summed E-state index contributed by atoms with van der Waals surface area (Å²) in [5.74, 6) is 0.255. The van der Waals surface area contributed by atoms with Crippen molar-refractivity contribution in [2.75, 3.05) is 6.54 Å². The highest BCUT2D eigenvalue weighted by molar-refractivity contribution is 5.95. The van der Waals surface area contributed by atoms with Crippen LogP contribution in [0.25, 0.3) is 0 Å². The maximum atomic E-state index is 12.1. The van der Waals surface area contributed by atoms with Crippen LogP contribution in [0.4, 0.5) is 0 Å². The number of carbonyl (C=O) groups excluding carboxylic acids is 1. The third-order valence-electron chi connectivity index (χ3n) is 5.06. The third kappa shape index (κ3) is 2.82. The third-order valence-corrected chi connectivity index (χ3v) is 5.06. The number of rotatable bonds is 3. The van der Waals surface area contributed by atoms with E-state index in [-0.39, 0.29) is 17.6 Å². The van der Waals surface area contributed by atoms with Crippen molar-refractivity contribution in [3.63, 3.8) is 0 Å². The molecule has 1 aliphatic heterocycles. The molecule has 0 bridgehead atoms. The topological polar surface area (TPSA) is 40.5 Å². The Hall–Kier alpha value is -1.61. The molecule has 1 saturated carbocycles. The normalized spacial score (nSPS) is 24.0. The average Bonchev–Trinajstić information content (AvgIpc) is 2.86. The van der Waals surface area contributed by atoms with Crippen molar-refractivity contribution >= 4 is 5.78 Å². The lowest BCUT2D eigenvalue weighted by Crippen LogP contribution is -2.38. The Balaban J connectivity index is 1.96. The molecule has 1 heterocycles. The molecule has 0 saturated heterocycles.